The number of allylic oxidation sites excluding steroid dienone is 4. The van der Waals surface area contributed by atoms with E-state index in [1.165, 1.54) is 76.2 Å². The van der Waals surface area contributed by atoms with E-state index in [9.17, 15) is 5.11 Å². The van der Waals surface area contributed by atoms with Crippen LogP contribution >= 0.6 is 0 Å². The summed E-state index contributed by atoms with van der Waals surface area (Å²) in [6.45, 7) is 11.6. The Balaban J connectivity index is 1.61. The maximum atomic E-state index is 11.7. The summed E-state index contributed by atoms with van der Waals surface area (Å²) < 4.78 is 0. The van der Waals surface area contributed by atoms with Crippen molar-refractivity contribution in [3.05, 3.63) is 23.3 Å². The number of hydrogen-bond donors (Lipinski definition) is 1. The molecule has 6 unspecified atom stereocenters. The molecule has 1 nitrogen and oxygen atoms in total. The summed E-state index contributed by atoms with van der Waals surface area (Å²) in [5, 5.41) is 11.7. The van der Waals surface area contributed by atoms with Crippen LogP contribution in [-0.2, 0) is 0 Å². The van der Waals surface area contributed by atoms with Crippen LogP contribution in [0, 0.1) is 34.5 Å². The van der Waals surface area contributed by atoms with Gasteiger partial charge in [0.2, 0.25) is 0 Å². The summed E-state index contributed by atoms with van der Waals surface area (Å²) in [6, 6.07) is 0. The second-order valence-electron chi connectivity index (χ2n) is 12.3. The van der Waals surface area contributed by atoms with E-state index < -0.39 is 5.60 Å². The minimum atomic E-state index is -0.530. The Morgan fingerprint density at radius 3 is 2.67 bits per heavy atom. The van der Waals surface area contributed by atoms with Gasteiger partial charge in [-0.15, -0.1) is 0 Å². The largest absolute Gasteiger partial charge is 0.390 e. The fourth-order valence-electron chi connectivity index (χ4n) is 9.23. The molecule has 3 saturated carbocycles. The molecule has 0 aliphatic heterocycles. The standard InChI is InChI=1S/C29H48O/c1-6-29-20-8-7-12-22(29)14-15-23-24-16-17-26(27(24,4)18-10-13-25(23)29)28(5,30)19-9-11-21(2)3/h11,14,23-26,30H,6-10,12-13,15-20H2,1-5H3/t23?,24?,25?,26?,27?,28-,29?/m0/s1. The lowest BCUT2D eigenvalue weighted by Crippen LogP contribution is -2.47. The molecule has 0 bridgehead atoms. The molecule has 0 amide bonds. The van der Waals surface area contributed by atoms with Crippen molar-refractivity contribution in [1.82, 2.24) is 0 Å². The second-order valence-corrected chi connectivity index (χ2v) is 12.3. The van der Waals surface area contributed by atoms with Crippen molar-refractivity contribution in [3.63, 3.8) is 0 Å². The first-order valence-corrected chi connectivity index (χ1v) is 13.3. The van der Waals surface area contributed by atoms with Gasteiger partial charge >= 0.3 is 0 Å². The van der Waals surface area contributed by atoms with Crippen LogP contribution in [0.25, 0.3) is 0 Å². The van der Waals surface area contributed by atoms with Crippen LogP contribution in [0.15, 0.2) is 23.3 Å². The Kier molecular flexibility index (Phi) is 6.35. The molecule has 0 radical (unpaired) electrons. The molecule has 30 heavy (non-hydrogen) atoms. The molecule has 1 N–H and O–H groups in total. The van der Waals surface area contributed by atoms with E-state index in [2.05, 4.69) is 46.8 Å². The fraction of sp³-hybridized carbons (Fsp3) is 0.862. The lowest BCUT2D eigenvalue weighted by Gasteiger charge is -2.54. The van der Waals surface area contributed by atoms with Crippen LogP contribution in [-0.4, -0.2) is 10.7 Å². The van der Waals surface area contributed by atoms with Crippen LogP contribution < -0.4 is 0 Å². The third kappa shape index (κ3) is 3.66. The van der Waals surface area contributed by atoms with E-state index in [4.69, 9.17) is 0 Å². The van der Waals surface area contributed by atoms with Crippen molar-refractivity contribution in [2.45, 2.75) is 124 Å². The molecule has 3 fully saturated rings. The summed E-state index contributed by atoms with van der Waals surface area (Å²) in [6.07, 6.45) is 22.1. The van der Waals surface area contributed by atoms with Gasteiger partial charge in [0.25, 0.3) is 0 Å². The van der Waals surface area contributed by atoms with Gasteiger partial charge in [-0.1, -0.05) is 50.0 Å². The topological polar surface area (TPSA) is 20.2 Å². The van der Waals surface area contributed by atoms with E-state index in [-0.39, 0.29) is 0 Å². The molecule has 7 atom stereocenters. The van der Waals surface area contributed by atoms with Crippen LogP contribution in [0.4, 0.5) is 0 Å². The molecule has 4 aliphatic rings. The van der Waals surface area contributed by atoms with Crippen molar-refractivity contribution >= 4 is 0 Å². The predicted octanol–water partition coefficient (Wildman–Crippen LogP) is 8.23. The predicted molar refractivity (Wildman–Crippen MR) is 128 cm³/mol. The van der Waals surface area contributed by atoms with Crippen molar-refractivity contribution in [2.75, 3.05) is 0 Å². The van der Waals surface area contributed by atoms with Gasteiger partial charge in [0.1, 0.15) is 0 Å². The molecular weight excluding hydrogens is 364 g/mol. The highest BCUT2D eigenvalue weighted by Gasteiger charge is 2.59. The SMILES string of the molecule is CCC12CCCCC1=CCC1C2CCCC2(C)C1CCC2[C@@](C)(O)CCC=C(C)C. The van der Waals surface area contributed by atoms with Crippen molar-refractivity contribution in [3.8, 4) is 0 Å². The molecule has 1 heteroatoms. The Bertz CT molecular complexity index is 680. The minimum absolute atomic E-state index is 0.322. The Morgan fingerprint density at radius 2 is 1.93 bits per heavy atom. The molecule has 0 saturated heterocycles. The molecule has 0 spiro atoms. The lowest BCUT2D eigenvalue weighted by molar-refractivity contribution is -0.0711. The smallest absolute Gasteiger partial charge is 0.0656 e. The van der Waals surface area contributed by atoms with Gasteiger partial charge in [-0.2, -0.15) is 0 Å². The number of rotatable bonds is 5. The Hall–Kier alpha value is -0.560. The Labute approximate surface area is 186 Å². The highest BCUT2D eigenvalue weighted by Crippen LogP contribution is 2.66. The molecule has 4 aliphatic carbocycles. The number of aliphatic hydroxyl groups is 1. The first kappa shape index (κ1) is 22.6. The van der Waals surface area contributed by atoms with E-state index in [0.29, 0.717) is 16.7 Å². The second kappa shape index (κ2) is 8.42. The maximum absolute atomic E-state index is 11.7. The first-order chi connectivity index (χ1) is 14.2. The van der Waals surface area contributed by atoms with E-state index in [0.717, 1.165) is 30.6 Å². The van der Waals surface area contributed by atoms with Crippen molar-refractivity contribution < 1.29 is 5.11 Å². The molecule has 0 aromatic carbocycles. The average molecular weight is 413 g/mol. The van der Waals surface area contributed by atoms with Crippen molar-refractivity contribution in [1.29, 1.82) is 0 Å². The lowest BCUT2D eigenvalue weighted by atomic mass is 9.51. The quantitative estimate of drug-likeness (QED) is 0.451. The summed E-state index contributed by atoms with van der Waals surface area (Å²) in [5.74, 6) is 3.04. The van der Waals surface area contributed by atoms with Gasteiger partial charge in [0.15, 0.2) is 0 Å². The van der Waals surface area contributed by atoms with Crippen LogP contribution in [0.1, 0.15) is 118 Å². The molecule has 170 valence electrons. The summed E-state index contributed by atoms with van der Waals surface area (Å²) in [5.41, 5.74) is 3.54. The molecule has 0 aromatic rings. The number of fused-ring (bicyclic) bond motifs is 5. The van der Waals surface area contributed by atoms with E-state index in [1.54, 1.807) is 0 Å². The van der Waals surface area contributed by atoms with Crippen LogP contribution in [0.5, 0.6) is 0 Å². The van der Waals surface area contributed by atoms with E-state index >= 15 is 0 Å². The molecular formula is C29H48O. The highest BCUT2D eigenvalue weighted by molar-refractivity contribution is 5.25. The third-order valence-electron chi connectivity index (χ3n) is 10.6. The monoisotopic (exact) mass is 412 g/mol. The van der Waals surface area contributed by atoms with Gasteiger partial charge in [-0.3, -0.25) is 0 Å². The van der Waals surface area contributed by atoms with Gasteiger partial charge in [-0.25, -0.2) is 0 Å². The maximum Gasteiger partial charge on any atom is 0.0656 e. The molecule has 0 heterocycles. The van der Waals surface area contributed by atoms with Gasteiger partial charge in [-0.05, 0) is 126 Å². The highest BCUT2D eigenvalue weighted by atomic mass is 16.3. The normalized spacial score (nSPS) is 42.8. The van der Waals surface area contributed by atoms with Gasteiger partial charge in [0, 0.05) is 0 Å². The van der Waals surface area contributed by atoms with Gasteiger partial charge in [0.05, 0.1) is 5.60 Å². The summed E-state index contributed by atoms with van der Waals surface area (Å²) in [4.78, 5) is 0. The zero-order valence-electron chi connectivity index (χ0n) is 20.6. The molecule has 4 rings (SSSR count). The van der Waals surface area contributed by atoms with Crippen LogP contribution in [0.3, 0.4) is 0 Å². The Morgan fingerprint density at radius 1 is 1.13 bits per heavy atom. The summed E-state index contributed by atoms with van der Waals surface area (Å²) >= 11 is 0. The summed E-state index contributed by atoms with van der Waals surface area (Å²) in [7, 11) is 0. The minimum Gasteiger partial charge on any atom is -0.390 e. The zero-order valence-corrected chi connectivity index (χ0v) is 20.6. The van der Waals surface area contributed by atoms with E-state index in [1.807, 2.05) is 5.57 Å². The van der Waals surface area contributed by atoms with Crippen molar-refractivity contribution in [2.24, 2.45) is 34.5 Å². The van der Waals surface area contributed by atoms with Crippen LogP contribution in [0.2, 0.25) is 0 Å². The number of hydrogen-bond acceptors (Lipinski definition) is 1. The van der Waals surface area contributed by atoms with Gasteiger partial charge < -0.3 is 5.11 Å². The molecule has 0 aromatic heterocycles. The third-order valence-corrected chi connectivity index (χ3v) is 10.6. The fourth-order valence-corrected chi connectivity index (χ4v) is 9.23. The average Bonchev–Trinajstić information content (AvgIpc) is 2.97. The zero-order chi connectivity index (χ0) is 21.6. The first-order valence-electron chi connectivity index (χ1n) is 13.3.